The Balaban J connectivity index is 2.35. The Labute approximate surface area is 113 Å². The van der Waals surface area contributed by atoms with Crippen LogP contribution in [0.15, 0.2) is 18.2 Å². The van der Waals surface area contributed by atoms with Crippen LogP contribution in [0.1, 0.15) is 22.8 Å². The summed E-state index contributed by atoms with van der Waals surface area (Å²) >= 11 is 0. The summed E-state index contributed by atoms with van der Waals surface area (Å²) in [5.41, 5.74) is -1.99. The van der Waals surface area contributed by atoms with Crippen LogP contribution in [0.5, 0.6) is 0 Å². The summed E-state index contributed by atoms with van der Waals surface area (Å²) < 4.78 is 56.9. The van der Waals surface area contributed by atoms with Gasteiger partial charge in [-0.2, -0.15) is 13.2 Å². The Bertz CT molecular complexity index is 516. The van der Waals surface area contributed by atoms with E-state index in [9.17, 15) is 22.4 Å². The summed E-state index contributed by atoms with van der Waals surface area (Å²) in [7, 11) is 0. The summed E-state index contributed by atoms with van der Waals surface area (Å²) in [6.45, 7) is 2.50. The molecule has 1 aromatic carbocycles. The smallest absolute Gasteiger partial charge is 0.377 e. The zero-order valence-electron chi connectivity index (χ0n) is 10.7. The summed E-state index contributed by atoms with van der Waals surface area (Å²) in [6, 6.07) is 2.42. The molecule has 2 rings (SSSR count). The van der Waals surface area contributed by atoms with Crippen LogP contribution < -0.4 is 0 Å². The van der Waals surface area contributed by atoms with E-state index in [2.05, 4.69) is 0 Å². The molecule has 20 heavy (non-hydrogen) atoms. The van der Waals surface area contributed by atoms with Crippen molar-refractivity contribution in [2.75, 3.05) is 19.8 Å². The zero-order valence-corrected chi connectivity index (χ0v) is 10.7. The average molecular weight is 291 g/mol. The number of benzene rings is 1. The van der Waals surface area contributed by atoms with Gasteiger partial charge in [-0.05, 0) is 19.1 Å². The second-order valence-electron chi connectivity index (χ2n) is 4.59. The Morgan fingerprint density at radius 3 is 2.70 bits per heavy atom. The summed E-state index contributed by atoms with van der Waals surface area (Å²) in [5, 5.41) is 0. The van der Waals surface area contributed by atoms with Crippen LogP contribution in [0.4, 0.5) is 17.6 Å². The van der Waals surface area contributed by atoms with Gasteiger partial charge in [-0.3, -0.25) is 4.79 Å². The zero-order chi connectivity index (χ0) is 14.9. The van der Waals surface area contributed by atoms with E-state index in [4.69, 9.17) is 4.74 Å². The molecular weight excluding hydrogens is 278 g/mol. The predicted molar refractivity (Wildman–Crippen MR) is 62.7 cm³/mol. The maximum absolute atomic E-state index is 13.9. The minimum absolute atomic E-state index is 0.232. The number of amides is 1. The van der Waals surface area contributed by atoms with E-state index in [1.54, 1.807) is 6.92 Å². The van der Waals surface area contributed by atoms with Crippen molar-refractivity contribution in [3.05, 3.63) is 35.1 Å². The number of carbonyl (C=O) groups excluding carboxylic acids is 1. The van der Waals surface area contributed by atoms with Crippen molar-refractivity contribution in [3.63, 3.8) is 0 Å². The van der Waals surface area contributed by atoms with Crippen LogP contribution in [0.2, 0.25) is 0 Å². The van der Waals surface area contributed by atoms with Crippen molar-refractivity contribution in [1.82, 2.24) is 4.90 Å². The second-order valence-corrected chi connectivity index (χ2v) is 4.59. The minimum Gasteiger partial charge on any atom is -0.377 e. The van der Waals surface area contributed by atoms with Crippen molar-refractivity contribution in [3.8, 4) is 0 Å². The van der Waals surface area contributed by atoms with Crippen molar-refractivity contribution < 1.29 is 27.1 Å². The molecule has 1 unspecified atom stereocenters. The molecule has 1 heterocycles. The fraction of sp³-hybridized carbons (Fsp3) is 0.462. The third kappa shape index (κ3) is 2.77. The lowest BCUT2D eigenvalue weighted by Gasteiger charge is -2.33. The molecule has 7 heteroatoms. The van der Waals surface area contributed by atoms with Gasteiger partial charge in [0.2, 0.25) is 0 Å². The monoisotopic (exact) mass is 291 g/mol. The number of ether oxygens (including phenoxy) is 1. The first-order chi connectivity index (χ1) is 9.32. The van der Waals surface area contributed by atoms with Crippen molar-refractivity contribution in [2.24, 2.45) is 0 Å². The number of hydrogen-bond acceptors (Lipinski definition) is 2. The molecule has 110 valence electrons. The molecule has 0 bridgehead atoms. The highest BCUT2D eigenvalue weighted by atomic mass is 19.4. The standard InChI is InChI=1S/C13H13F4NO2/c1-8-7-20-6-5-18(8)12(19)9-3-2-4-10(11(9)14)13(15,16)17/h2-4,8H,5-7H2,1H3. The van der Waals surface area contributed by atoms with Gasteiger partial charge in [0.25, 0.3) is 5.91 Å². The fourth-order valence-electron chi connectivity index (χ4n) is 2.10. The molecule has 0 saturated carbocycles. The van der Waals surface area contributed by atoms with Gasteiger partial charge in [-0.25, -0.2) is 4.39 Å². The largest absolute Gasteiger partial charge is 0.419 e. The fourth-order valence-corrected chi connectivity index (χ4v) is 2.10. The molecule has 1 aliphatic rings. The molecule has 0 N–H and O–H groups in total. The molecule has 0 radical (unpaired) electrons. The lowest BCUT2D eigenvalue weighted by Crippen LogP contribution is -2.47. The number of hydrogen-bond donors (Lipinski definition) is 0. The molecule has 1 fully saturated rings. The van der Waals surface area contributed by atoms with E-state index in [-0.39, 0.29) is 25.8 Å². The Morgan fingerprint density at radius 2 is 2.10 bits per heavy atom. The third-order valence-corrected chi connectivity index (χ3v) is 3.16. The van der Waals surface area contributed by atoms with Gasteiger partial charge in [-0.15, -0.1) is 0 Å². The normalized spacial score (nSPS) is 20.1. The van der Waals surface area contributed by atoms with Crippen LogP contribution >= 0.6 is 0 Å². The van der Waals surface area contributed by atoms with Gasteiger partial charge in [-0.1, -0.05) is 6.07 Å². The van der Waals surface area contributed by atoms with E-state index in [0.29, 0.717) is 6.07 Å². The summed E-state index contributed by atoms with van der Waals surface area (Å²) in [5.74, 6) is -2.27. The molecule has 0 aromatic heterocycles. The molecule has 3 nitrogen and oxygen atoms in total. The van der Waals surface area contributed by atoms with E-state index >= 15 is 0 Å². The van der Waals surface area contributed by atoms with Gasteiger partial charge in [0.15, 0.2) is 0 Å². The maximum Gasteiger partial charge on any atom is 0.419 e. The van der Waals surface area contributed by atoms with Crippen molar-refractivity contribution in [1.29, 1.82) is 0 Å². The third-order valence-electron chi connectivity index (χ3n) is 3.16. The first kappa shape index (κ1) is 14.8. The van der Waals surface area contributed by atoms with Gasteiger partial charge in [0, 0.05) is 6.54 Å². The van der Waals surface area contributed by atoms with Crippen molar-refractivity contribution >= 4 is 5.91 Å². The SMILES string of the molecule is CC1COCCN1C(=O)c1cccc(C(F)(F)F)c1F. The van der Waals surface area contributed by atoms with Gasteiger partial charge in [0.05, 0.1) is 30.4 Å². The number of halogens is 4. The molecule has 1 amide bonds. The van der Waals surface area contributed by atoms with E-state index < -0.39 is 29.0 Å². The van der Waals surface area contributed by atoms with Crippen LogP contribution in [-0.4, -0.2) is 36.6 Å². The highest BCUT2D eigenvalue weighted by Gasteiger charge is 2.37. The lowest BCUT2D eigenvalue weighted by molar-refractivity contribution is -0.140. The van der Waals surface area contributed by atoms with Gasteiger partial charge in [0.1, 0.15) is 5.82 Å². The molecular formula is C13H13F4NO2. The predicted octanol–water partition coefficient (Wildman–Crippen LogP) is 2.71. The molecule has 1 atom stereocenters. The van der Waals surface area contributed by atoms with E-state index in [1.165, 1.54) is 4.90 Å². The number of carbonyl (C=O) groups is 1. The molecule has 0 aliphatic carbocycles. The van der Waals surface area contributed by atoms with Crippen LogP contribution in [-0.2, 0) is 10.9 Å². The van der Waals surface area contributed by atoms with E-state index in [0.717, 1.165) is 12.1 Å². The molecule has 1 aliphatic heterocycles. The Hall–Kier alpha value is -1.63. The molecule has 0 spiro atoms. The minimum atomic E-state index is -4.82. The van der Waals surface area contributed by atoms with E-state index in [1.807, 2.05) is 0 Å². The molecule has 1 aromatic rings. The summed E-state index contributed by atoms with van der Waals surface area (Å²) in [6.07, 6.45) is -4.82. The molecule has 1 saturated heterocycles. The Morgan fingerprint density at radius 1 is 1.40 bits per heavy atom. The van der Waals surface area contributed by atoms with Gasteiger partial charge < -0.3 is 9.64 Å². The van der Waals surface area contributed by atoms with Gasteiger partial charge >= 0.3 is 6.18 Å². The van der Waals surface area contributed by atoms with Crippen LogP contribution in [0.25, 0.3) is 0 Å². The van der Waals surface area contributed by atoms with Crippen LogP contribution in [0, 0.1) is 5.82 Å². The number of morpholine rings is 1. The Kier molecular flexibility index (Phi) is 3.99. The lowest BCUT2D eigenvalue weighted by atomic mass is 10.1. The number of rotatable bonds is 1. The number of nitrogens with zero attached hydrogens (tertiary/aromatic N) is 1. The maximum atomic E-state index is 13.9. The van der Waals surface area contributed by atoms with Crippen LogP contribution in [0.3, 0.4) is 0 Å². The second kappa shape index (κ2) is 5.40. The quantitative estimate of drug-likeness (QED) is 0.745. The van der Waals surface area contributed by atoms with Crippen molar-refractivity contribution in [2.45, 2.75) is 19.1 Å². The highest BCUT2D eigenvalue weighted by Crippen LogP contribution is 2.32. The summed E-state index contributed by atoms with van der Waals surface area (Å²) in [4.78, 5) is 13.5. The highest BCUT2D eigenvalue weighted by molar-refractivity contribution is 5.95. The average Bonchev–Trinajstić information content (AvgIpc) is 2.37. The first-order valence-corrected chi connectivity index (χ1v) is 6.07. The first-order valence-electron chi connectivity index (χ1n) is 6.07. The number of alkyl halides is 3. The topological polar surface area (TPSA) is 29.5 Å².